The second kappa shape index (κ2) is 7.64. The Labute approximate surface area is 162 Å². The maximum Gasteiger partial charge on any atom is 0.251 e. The van der Waals surface area contributed by atoms with Crippen LogP contribution >= 0.6 is 0 Å². The monoisotopic (exact) mass is 376 g/mol. The van der Waals surface area contributed by atoms with Crippen molar-refractivity contribution in [3.63, 3.8) is 0 Å². The summed E-state index contributed by atoms with van der Waals surface area (Å²) in [5.74, 6) is 0.372. The first-order valence-corrected chi connectivity index (χ1v) is 9.17. The molecule has 0 atom stereocenters. The summed E-state index contributed by atoms with van der Waals surface area (Å²) in [6.45, 7) is 1.96. The zero-order chi connectivity index (χ0) is 19.5. The number of hydrogen-bond acceptors (Lipinski definition) is 5. The summed E-state index contributed by atoms with van der Waals surface area (Å²) in [7, 11) is 0. The van der Waals surface area contributed by atoms with E-state index in [1.807, 2.05) is 31.2 Å². The lowest BCUT2D eigenvalue weighted by molar-refractivity contribution is -0.120. The smallest absolute Gasteiger partial charge is 0.251 e. The molecule has 0 spiro atoms. The van der Waals surface area contributed by atoms with Crippen LogP contribution in [0.4, 0.5) is 0 Å². The fraction of sp³-hybridized carbons (Fsp3) is 0.238. The maximum absolute atomic E-state index is 12.2. The average molecular weight is 376 g/mol. The molecule has 1 aliphatic rings. The summed E-state index contributed by atoms with van der Waals surface area (Å²) in [6, 6.07) is 14.9. The number of carbonyl (C=O) groups excluding carboxylic acids is 2. The van der Waals surface area contributed by atoms with Crippen molar-refractivity contribution < 1.29 is 14.0 Å². The molecule has 4 rings (SSSR count). The van der Waals surface area contributed by atoms with E-state index in [1.54, 1.807) is 24.3 Å². The number of nitrogens with one attached hydrogen (secondary N) is 2. The van der Waals surface area contributed by atoms with Gasteiger partial charge in [-0.2, -0.15) is 0 Å². The molecule has 2 aromatic carbocycles. The van der Waals surface area contributed by atoms with Crippen LogP contribution in [0.5, 0.6) is 0 Å². The summed E-state index contributed by atoms with van der Waals surface area (Å²) >= 11 is 0. The molecule has 28 heavy (non-hydrogen) atoms. The Kier molecular flexibility index (Phi) is 4.89. The molecule has 0 radical (unpaired) electrons. The first-order chi connectivity index (χ1) is 13.6. The molecule has 0 bridgehead atoms. The molecule has 0 aliphatic heterocycles. The van der Waals surface area contributed by atoms with Crippen molar-refractivity contribution in [3.8, 4) is 22.9 Å². The van der Waals surface area contributed by atoms with Crippen molar-refractivity contribution in [2.75, 3.05) is 6.54 Å². The molecule has 3 aromatic rings. The first-order valence-electron chi connectivity index (χ1n) is 9.17. The molecule has 1 saturated carbocycles. The van der Waals surface area contributed by atoms with Crippen molar-refractivity contribution in [3.05, 3.63) is 59.7 Å². The Morgan fingerprint density at radius 3 is 2.46 bits per heavy atom. The van der Waals surface area contributed by atoms with Crippen LogP contribution in [0, 0.1) is 6.92 Å². The highest BCUT2D eigenvalue weighted by Gasteiger charge is 2.23. The minimum Gasteiger partial charge on any atom is -0.416 e. The zero-order valence-corrected chi connectivity index (χ0v) is 15.4. The summed E-state index contributed by atoms with van der Waals surface area (Å²) in [4.78, 5) is 23.8. The Morgan fingerprint density at radius 2 is 1.75 bits per heavy atom. The number of aryl methyl sites for hydroxylation is 1. The highest BCUT2D eigenvalue weighted by molar-refractivity contribution is 5.96. The van der Waals surface area contributed by atoms with E-state index in [9.17, 15) is 9.59 Å². The minimum atomic E-state index is -0.302. The molecular weight excluding hydrogens is 356 g/mol. The highest BCUT2D eigenvalue weighted by Crippen LogP contribution is 2.26. The molecule has 1 fully saturated rings. The Hall–Kier alpha value is -3.48. The number of carbonyl (C=O) groups is 2. The molecule has 142 valence electrons. The normalized spacial score (nSPS) is 13.2. The van der Waals surface area contributed by atoms with Gasteiger partial charge in [-0.1, -0.05) is 18.2 Å². The lowest BCUT2D eigenvalue weighted by Crippen LogP contribution is -2.37. The van der Waals surface area contributed by atoms with Gasteiger partial charge in [-0.05, 0) is 55.7 Å². The predicted molar refractivity (Wildman–Crippen MR) is 103 cm³/mol. The number of amides is 2. The van der Waals surface area contributed by atoms with Gasteiger partial charge >= 0.3 is 0 Å². The van der Waals surface area contributed by atoms with Gasteiger partial charge < -0.3 is 15.1 Å². The van der Waals surface area contributed by atoms with Gasteiger partial charge in [0.15, 0.2) is 0 Å². The van der Waals surface area contributed by atoms with Gasteiger partial charge in [0.25, 0.3) is 5.91 Å². The van der Waals surface area contributed by atoms with E-state index in [4.69, 9.17) is 4.42 Å². The fourth-order valence-corrected chi connectivity index (χ4v) is 2.79. The summed E-state index contributed by atoms with van der Waals surface area (Å²) in [6.07, 6.45) is 2.03. The van der Waals surface area contributed by atoms with Gasteiger partial charge in [-0.3, -0.25) is 9.59 Å². The van der Waals surface area contributed by atoms with Gasteiger partial charge in [-0.15, -0.1) is 10.2 Å². The van der Waals surface area contributed by atoms with E-state index in [0.29, 0.717) is 17.3 Å². The second-order valence-electron chi connectivity index (χ2n) is 6.83. The third kappa shape index (κ3) is 4.09. The highest BCUT2D eigenvalue weighted by atomic mass is 16.4. The van der Waals surface area contributed by atoms with Gasteiger partial charge in [0, 0.05) is 22.7 Å². The lowest BCUT2D eigenvalue weighted by Gasteiger charge is -2.06. The van der Waals surface area contributed by atoms with Crippen LogP contribution in [0.1, 0.15) is 28.8 Å². The van der Waals surface area contributed by atoms with E-state index in [0.717, 1.165) is 29.5 Å². The average Bonchev–Trinajstić information content (AvgIpc) is 3.38. The molecule has 7 heteroatoms. The maximum atomic E-state index is 12.2. The largest absolute Gasteiger partial charge is 0.416 e. The number of rotatable bonds is 6. The van der Waals surface area contributed by atoms with Gasteiger partial charge in [0.1, 0.15) is 0 Å². The molecule has 1 aliphatic carbocycles. The lowest BCUT2D eigenvalue weighted by atomic mass is 10.1. The number of benzene rings is 2. The van der Waals surface area contributed by atoms with Crippen LogP contribution in [0.25, 0.3) is 22.9 Å². The molecule has 0 unspecified atom stereocenters. The van der Waals surface area contributed by atoms with E-state index in [-0.39, 0.29) is 24.4 Å². The van der Waals surface area contributed by atoms with Crippen LogP contribution in [0.3, 0.4) is 0 Å². The molecule has 0 saturated heterocycles. The number of aromatic nitrogens is 2. The van der Waals surface area contributed by atoms with Crippen LogP contribution in [-0.4, -0.2) is 34.6 Å². The Morgan fingerprint density at radius 1 is 1.04 bits per heavy atom. The van der Waals surface area contributed by atoms with Crippen LogP contribution in [0.15, 0.2) is 52.9 Å². The van der Waals surface area contributed by atoms with E-state index < -0.39 is 0 Å². The standard InChI is InChI=1S/C21H20N4O3/c1-13-4-2-3-5-17(13)21-25-24-20(28-21)15-8-6-14(7-9-15)19(27)22-12-18(26)23-16-10-11-16/h2-9,16H,10-12H2,1H3,(H,22,27)(H,23,26). The summed E-state index contributed by atoms with van der Waals surface area (Å²) in [5, 5.41) is 13.7. The van der Waals surface area contributed by atoms with Crippen molar-refractivity contribution >= 4 is 11.8 Å². The zero-order valence-electron chi connectivity index (χ0n) is 15.4. The Bertz CT molecular complexity index is 1010. The number of hydrogen-bond donors (Lipinski definition) is 2. The molecule has 2 amide bonds. The van der Waals surface area contributed by atoms with E-state index in [1.165, 1.54) is 0 Å². The van der Waals surface area contributed by atoms with Crippen LogP contribution < -0.4 is 10.6 Å². The van der Waals surface area contributed by atoms with Crippen molar-refractivity contribution in [2.24, 2.45) is 0 Å². The molecule has 7 nitrogen and oxygen atoms in total. The molecular formula is C21H20N4O3. The van der Waals surface area contributed by atoms with E-state index >= 15 is 0 Å². The second-order valence-corrected chi connectivity index (χ2v) is 6.83. The number of nitrogens with zero attached hydrogens (tertiary/aromatic N) is 2. The topological polar surface area (TPSA) is 97.1 Å². The van der Waals surface area contributed by atoms with Crippen molar-refractivity contribution in [1.82, 2.24) is 20.8 Å². The third-order valence-corrected chi connectivity index (χ3v) is 4.55. The fourth-order valence-electron chi connectivity index (χ4n) is 2.79. The molecule has 1 aromatic heterocycles. The van der Waals surface area contributed by atoms with Crippen LogP contribution in [-0.2, 0) is 4.79 Å². The van der Waals surface area contributed by atoms with Gasteiger partial charge in [-0.25, -0.2) is 0 Å². The first kappa shape index (κ1) is 17.9. The minimum absolute atomic E-state index is 0.0273. The predicted octanol–water partition coefficient (Wildman–Crippen LogP) is 2.72. The third-order valence-electron chi connectivity index (χ3n) is 4.55. The van der Waals surface area contributed by atoms with Gasteiger partial charge in [0.05, 0.1) is 6.54 Å². The van der Waals surface area contributed by atoms with Crippen LogP contribution in [0.2, 0.25) is 0 Å². The summed E-state index contributed by atoms with van der Waals surface area (Å²) in [5.41, 5.74) is 3.12. The van der Waals surface area contributed by atoms with E-state index in [2.05, 4.69) is 20.8 Å². The molecule has 1 heterocycles. The van der Waals surface area contributed by atoms with Gasteiger partial charge in [0.2, 0.25) is 17.7 Å². The quantitative estimate of drug-likeness (QED) is 0.689. The SMILES string of the molecule is Cc1ccccc1-c1nnc(-c2ccc(C(=O)NCC(=O)NC3CC3)cc2)o1. The van der Waals surface area contributed by atoms with Crippen molar-refractivity contribution in [2.45, 2.75) is 25.8 Å². The Balaban J connectivity index is 1.41. The van der Waals surface area contributed by atoms with Crippen molar-refractivity contribution in [1.29, 1.82) is 0 Å². The summed E-state index contributed by atoms with van der Waals surface area (Å²) < 4.78 is 5.78. The molecule has 2 N–H and O–H groups in total.